The molecule has 0 heterocycles. The fourth-order valence-electron chi connectivity index (χ4n) is 4.48. The molecule has 0 spiro atoms. The summed E-state index contributed by atoms with van der Waals surface area (Å²) < 4.78 is 5.67. The van der Waals surface area contributed by atoms with Gasteiger partial charge in [-0.25, -0.2) is 0 Å². The third kappa shape index (κ3) is 3.37. The van der Waals surface area contributed by atoms with Gasteiger partial charge >= 0.3 is 5.97 Å². The lowest BCUT2D eigenvalue weighted by Crippen LogP contribution is -2.51. The fourth-order valence-corrected chi connectivity index (χ4v) is 5.15. The molecule has 0 radical (unpaired) electrons. The molecule has 3 fully saturated rings. The third-order valence-corrected chi connectivity index (χ3v) is 6.92. The van der Waals surface area contributed by atoms with E-state index in [0.717, 1.165) is 5.56 Å². The van der Waals surface area contributed by atoms with Gasteiger partial charge in [-0.1, -0.05) is 0 Å². The zero-order valence-corrected chi connectivity index (χ0v) is 17.5. The van der Waals surface area contributed by atoms with E-state index in [4.69, 9.17) is 4.74 Å². The Morgan fingerprint density at radius 3 is 2.11 bits per heavy atom. The summed E-state index contributed by atoms with van der Waals surface area (Å²) in [4.78, 5) is 37.6. The molecule has 3 aliphatic carbocycles. The van der Waals surface area contributed by atoms with Crippen molar-refractivity contribution >= 4 is 39.4 Å². The van der Waals surface area contributed by atoms with E-state index < -0.39 is 10.8 Å². The molecule has 1 aromatic carbocycles. The summed E-state index contributed by atoms with van der Waals surface area (Å²) in [6, 6.07) is 3.64. The van der Waals surface area contributed by atoms with Gasteiger partial charge in [0.1, 0.15) is 0 Å². The molecule has 6 nitrogen and oxygen atoms in total. The van der Waals surface area contributed by atoms with Crippen LogP contribution in [0.25, 0.3) is 0 Å². The van der Waals surface area contributed by atoms with Crippen LogP contribution in [0, 0.1) is 17.8 Å². The normalized spacial score (nSPS) is 26.4. The number of benzene rings is 1. The molecule has 4 rings (SSSR count). The standard InChI is InChI=1S/C20H25BrN2O4/c1-12-10-13(16(24)22-2)15(14(21)11-12)23-17(25)19-4-7-20(8-5-19,9-6-19)18(26)27-3/h10-11H,4-9H2,1-3H3,(H,22,24)(H,23,25). The highest BCUT2D eigenvalue weighted by atomic mass is 79.9. The van der Waals surface area contributed by atoms with Crippen LogP contribution in [0.15, 0.2) is 16.6 Å². The van der Waals surface area contributed by atoms with Crippen molar-refractivity contribution in [1.82, 2.24) is 5.32 Å². The lowest BCUT2D eigenvalue weighted by atomic mass is 9.53. The zero-order valence-electron chi connectivity index (χ0n) is 15.9. The topological polar surface area (TPSA) is 84.5 Å². The number of nitrogens with one attached hydrogen (secondary N) is 2. The molecule has 0 aromatic heterocycles. The first kappa shape index (κ1) is 19.9. The number of carbonyl (C=O) groups is 3. The number of aryl methyl sites for hydroxylation is 1. The van der Waals surface area contributed by atoms with Gasteiger partial charge in [-0.15, -0.1) is 0 Å². The van der Waals surface area contributed by atoms with Gasteiger partial charge in [0.15, 0.2) is 0 Å². The van der Waals surface area contributed by atoms with Crippen LogP contribution in [0.5, 0.6) is 0 Å². The summed E-state index contributed by atoms with van der Waals surface area (Å²) in [7, 11) is 2.99. The molecule has 2 amide bonds. The maximum atomic E-state index is 13.2. The minimum atomic E-state index is -0.486. The Kier molecular flexibility index (Phi) is 5.34. The van der Waals surface area contributed by atoms with Crippen LogP contribution in [0.2, 0.25) is 0 Å². The van der Waals surface area contributed by atoms with E-state index in [1.165, 1.54) is 7.11 Å². The van der Waals surface area contributed by atoms with Crippen LogP contribution in [0.3, 0.4) is 0 Å². The number of halogens is 1. The van der Waals surface area contributed by atoms with Gasteiger partial charge in [0.25, 0.3) is 5.91 Å². The van der Waals surface area contributed by atoms with E-state index in [2.05, 4.69) is 26.6 Å². The van der Waals surface area contributed by atoms with E-state index in [1.54, 1.807) is 13.1 Å². The summed E-state index contributed by atoms with van der Waals surface area (Å²) in [6.07, 6.45) is 3.99. The lowest BCUT2D eigenvalue weighted by Gasteiger charge is -2.50. The number of anilines is 1. The van der Waals surface area contributed by atoms with Gasteiger partial charge in [-0.05, 0) is 79.1 Å². The van der Waals surface area contributed by atoms with Crippen LogP contribution in [0.4, 0.5) is 5.69 Å². The highest BCUT2D eigenvalue weighted by Crippen LogP contribution is 2.57. The van der Waals surface area contributed by atoms with Gasteiger partial charge < -0.3 is 15.4 Å². The number of carbonyl (C=O) groups excluding carboxylic acids is 3. The number of hydrogen-bond acceptors (Lipinski definition) is 4. The van der Waals surface area contributed by atoms with Crippen molar-refractivity contribution in [2.24, 2.45) is 10.8 Å². The second-order valence-corrected chi connectivity index (χ2v) is 8.61. The summed E-state index contributed by atoms with van der Waals surface area (Å²) in [5, 5.41) is 5.62. The Hall–Kier alpha value is -1.89. The molecule has 2 N–H and O–H groups in total. The van der Waals surface area contributed by atoms with Crippen molar-refractivity contribution < 1.29 is 19.1 Å². The molecule has 146 valence electrons. The number of amides is 2. The monoisotopic (exact) mass is 436 g/mol. The molecular weight excluding hydrogens is 412 g/mol. The summed E-state index contributed by atoms with van der Waals surface area (Å²) in [5.74, 6) is -0.473. The Balaban J connectivity index is 1.84. The highest BCUT2D eigenvalue weighted by Gasteiger charge is 2.56. The van der Waals surface area contributed by atoms with Crippen molar-refractivity contribution in [2.45, 2.75) is 45.4 Å². The summed E-state index contributed by atoms with van der Waals surface area (Å²) in [6.45, 7) is 1.90. The molecule has 2 bridgehead atoms. The largest absolute Gasteiger partial charge is 0.469 e. The molecule has 3 aliphatic rings. The molecule has 0 aliphatic heterocycles. The van der Waals surface area contributed by atoms with Crippen LogP contribution in [-0.4, -0.2) is 31.9 Å². The molecule has 0 unspecified atom stereocenters. The first-order chi connectivity index (χ1) is 12.8. The zero-order chi connectivity index (χ0) is 19.8. The number of methoxy groups -OCH3 is 1. The Morgan fingerprint density at radius 1 is 1.04 bits per heavy atom. The minimum absolute atomic E-state index is 0.0737. The Bertz CT molecular complexity index is 781. The molecular formula is C20H25BrN2O4. The SMILES string of the molecule is CNC(=O)c1cc(C)cc(Br)c1NC(=O)C12CCC(C(=O)OC)(CC1)CC2. The van der Waals surface area contributed by atoms with Gasteiger partial charge in [0, 0.05) is 16.9 Å². The van der Waals surface area contributed by atoms with E-state index in [-0.39, 0.29) is 17.8 Å². The van der Waals surface area contributed by atoms with Gasteiger partial charge in [0.2, 0.25) is 5.91 Å². The summed E-state index contributed by atoms with van der Waals surface area (Å²) in [5.41, 5.74) is 0.948. The molecule has 0 atom stereocenters. The fraction of sp³-hybridized carbons (Fsp3) is 0.550. The van der Waals surface area contributed by atoms with Crippen molar-refractivity contribution in [3.8, 4) is 0 Å². The van der Waals surface area contributed by atoms with Gasteiger partial charge in [0.05, 0.1) is 23.8 Å². The van der Waals surface area contributed by atoms with Crippen LogP contribution in [-0.2, 0) is 14.3 Å². The first-order valence-electron chi connectivity index (χ1n) is 9.19. The predicted octanol–water partition coefficient (Wildman–Crippen LogP) is 3.57. The van der Waals surface area contributed by atoms with Crippen molar-refractivity contribution in [2.75, 3.05) is 19.5 Å². The number of ether oxygens (including phenoxy) is 1. The highest BCUT2D eigenvalue weighted by molar-refractivity contribution is 9.10. The van der Waals surface area contributed by atoms with E-state index in [1.807, 2.05) is 13.0 Å². The number of rotatable bonds is 4. The number of esters is 1. The lowest BCUT2D eigenvalue weighted by molar-refractivity contribution is -0.165. The molecule has 0 saturated heterocycles. The second kappa shape index (κ2) is 7.26. The average molecular weight is 437 g/mol. The van der Waals surface area contributed by atoms with E-state index in [0.29, 0.717) is 54.2 Å². The van der Waals surface area contributed by atoms with Crippen molar-refractivity contribution in [3.05, 3.63) is 27.7 Å². The maximum absolute atomic E-state index is 13.2. The quantitative estimate of drug-likeness (QED) is 0.706. The maximum Gasteiger partial charge on any atom is 0.311 e. The molecule has 3 saturated carbocycles. The number of fused-ring (bicyclic) bond motifs is 3. The Morgan fingerprint density at radius 2 is 1.59 bits per heavy atom. The smallest absolute Gasteiger partial charge is 0.311 e. The van der Waals surface area contributed by atoms with Crippen LogP contribution in [0.1, 0.15) is 54.4 Å². The van der Waals surface area contributed by atoms with E-state index >= 15 is 0 Å². The third-order valence-electron chi connectivity index (χ3n) is 6.29. The van der Waals surface area contributed by atoms with Gasteiger partial charge in [-0.3, -0.25) is 14.4 Å². The molecule has 7 heteroatoms. The average Bonchev–Trinajstić information content (AvgIpc) is 2.69. The Labute approximate surface area is 167 Å². The summed E-state index contributed by atoms with van der Waals surface area (Å²) >= 11 is 3.48. The first-order valence-corrected chi connectivity index (χ1v) is 9.98. The molecule has 1 aromatic rings. The van der Waals surface area contributed by atoms with Crippen molar-refractivity contribution in [1.29, 1.82) is 0 Å². The minimum Gasteiger partial charge on any atom is -0.469 e. The number of hydrogen-bond donors (Lipinski definition) is 2. The van der Waals surface area contributed by atoms with Crippen molar-refractivity contribution in [3.63, 3.8) is 0 Å². The van der Waals surface area contributed by atoms with Gasteiger partial charge in [-0.2, -0.15) is 0 Å². The van der Waals surface area contributed by atoms with Crippen LogP contribution < -0.4 is 10.6 Å². The van der Waals surface area contributed by atoms with E-state index in [9.17, 15) is 14.4 Å². The predicted molar refractivity (Wildman–Crippen MR) is 105 cm³/mol. The van der Waals surface area contributed by atoms with Crippen LogP contribution >= 0.6 is 15.9 Å². The second-order valence-electron chi connectivity index (χ2n) is 7.75. The molecule has 27 heavy (non-hydrogen) atoms.